The molecule has 0 spiro atoms. The molecular weight excluding hydrogens is 312 g/mol. The fourth-order valence-electron chi connectivity index (χ4n) is 2.06. The van der Waals surface area contributed by atoms with Crippen molar-refractivity contribution in [3.8, 4) is 16.8 Å². The zero-order valence-corrected chi connectivity index (χ0v) is 12.6. The summed E-state index contributed by atoms with van der Waals surface area (Å²) in [6.07, 6.45) is 3.04. The van der Waals surface area contributed by atoms with Crippen LogP contribution < -0.4 is 10.9 Å². The Labute approximate surface area is 135 Å². The van der Waals surface area contributed by atoms with Crippen LogP contribution in [0.25, 0.3) is 21.7 Å². The van der Waals surface area contributed by atoms with Crippen LogP contribution in [0.3, 0.4) is 0 Å². The van der Waals surface area contributed by atoms with Crippen molar-refractivity contribution < 1.29 is 9.32 Å². The molecule has 0 bridgehead atoms. The Bertz CT molecular complexity index is 974. The number of benzene rings is 1. The molecule has 2 aromatic heterocycles. The van der Waals surface area contributed by atoms with Gasteiger partial charge in [-0.2, -0.15) is 4.74 Å². The molecule has 0 aliphatic heterocycles. The van der Waals surface area contributed by atoms with E-state index in [1.165, 1.54) is 28.7 Å². The molecule has 0 atom stereocenters. The molecule has 0 saturated heterocycles. The van der Waals surface area contributed by atoms with E-state index in [0.717, 1.165) is 0 Å². The maximum atomic E-state index is 11.9. The fraction of sp³-hybridized carbons (Fsp3) is 0.133. The van der Waals surface area contributed by atoms with Crippen molar-refractivity contribution in [1.82, 2.24) is 25.1 Å². The summed E-state index contributed by atoms with van der Waals surface area (Å²) in [5.41, 5.74) is 1.26. The van der Waals surface area contributed by atoms with Crippen molar-refractivity contribution in [2.75, 3.05) is 0 Å². The summed E-state index contributed by atoms with van der Waals surface area (Å²) >= 11 is 0. The fourth-order valence-corrected chi connectivity index (χ4v) is 2.06. The van der Waals surface area contributed by atoms with Gasteiger partial charge >= 0.3 is 11.4 Å². The van der Waals surface area contributed by atoms with Gasteiger partial charge in [-0.15, -0.1) is 0 Å². The molecule has 0 aliphatic rings. The number of aromatic nitrogens is 4. The van der Waals surface area contributed by atoms with Gasteiger partial charge in [-0.25, -0.2) is 9.48 Å². The number of nitrogens with zero attached hydrogens (tertiary/aromatic N) is 5. The molecule has 1 amide bonds. The van der Waals surface area contributed by atoms with Gasteiger partial charge in [0.2, 0.25) is 5.91 Å². The van der Waals surface area contributed by atoms with Crippen molar-refractivity contribution in [3.63, 3.8) is 0 Å². The third-order valence-electron chi connectivity index (χ3n) is 3.22. The van der Waals surface area contributed by atoms with Gasteiger partial charge < -0.3 is 14.7 Å². The van der Waals surface area contributed by atoms with Crippen molar-refractivity contribution in [2.24, 2.45) is 0 Å². The first-order valence-electron chi connectivity index (χ1n) is 6.92. The molecule has 0 saturated carbocycles. The van der Waals surface area contributed by atoms with Gasteiger partial charge in [0.15, 0.2) is 0 Å². The van der Waals surface area contributed by atoms with Crippen molar-refractivity contribution in [1.29, 1.82) is 0 Å². The van der Waals surface area contributed by atoms with E-state index in [9.17, 15) is 9.59 Å². The Hall–Kier alpha value is -3.67. The monoisotopic (exact) mass is 324 g/mol. The molecule has 0 unspecified atom stereocenters. The maximum absolute atomic E-state index is 11.9. The second-order valence-corrected chi connectivity index (χ2v) is 4.91. The molecule has 0 aliphatic carbocycles. The standard InChI is InChI=1S/C15H12N6O3/c1-10(22)17-9-20-7-13(15(23)24-20)11-3-5-12(6-4-11)21-8-14(16-2)18-19-21/h3-8H,9H2,1H3,(H,17,22). The predicted octanol–water partition coefficient (Wildman–Crippen LogP) is 1.33. The van der Waals surface area contributed by atoms with E-state index in [1.807, 2.05) is 0 Å². The van der Waals surface area contributed by atoms with Crippen LogP contribution in [-0.4, -0.2) is 25.6 Å². The van der Waals surface area contributed by atoms with Gasteiger partial charge in [0.1, 0.15) is 6.67 Å². The number of carbonyl (C=O) groups excluding carboxylic acids is 1. The molecule has 3 aromatic rings. The smallest absolute Gasteiger partial charge is 0.358 e. The maximum Gasteiger partial charge on any atom is 0.365 e. The third-order valence-corrected chi connectivity index (χ3v) is 3.22. The van der Waals surface area contributed by atoms with Gasteiger partial charge in [-0.1, -0.05) is 18.7 Å². The van der Waals surface area contributed by atoms with E-state index in [4.69, 9.17) is 11.1 Å². The van der Waals surface area contributed by atoms with Crippen molar-refractivity contribution in [3.05, 3.63) is 58.5 Å². The number of amides is 1. The summed E-state index contributed by atoms with van der Waals surface area (Å²) in [4.78, 5) is 26.0. The largest absolute Gasteiger partial charge is 0.365 e. The molecule has 9 heteroatoms. The number of hydrogen-bond donors (Lipinski definition) is 1. The molecule has 0 fully saturated rings. The summed E-state index contributed by atoms with van der Waals surface area (Å²) < 4.78 is 7.77. The summed E-state index contributed by atoms with van der Waals surface area (Å²) in [5.74, 6) is -0.0152. The lowest BCUT2D eigenvalue weighted by Crippen LogP contribution is -2.22. The number of hydrogen-bond acceptors (Lipinski definition) is 5. The predicted molar refractivity (Wildman–Crippen MR) is 83.4 cm³/mol. The summed E-state index contributed by atoms with van der Waals surface area (Å²) in [5, 5.41) is 10.1. The van der Waals surface area contributed by atoms with Gasteiger partial charge in [0.05, 0.1) is 23.6 Å². The molecule has 3 rings (SSSR count). The lowest BCUT2D eigenvalue weighted by Gasteiger charge is -2.01. The van der Waals surface area contributed by atoms with E-state index >= 15 is 0 Å². The highest BCUT2D eigenvalue weighted by Gasteiger charge is 2.10. The highest BCUT2D eigenvalue weighted by Crippen LogP contribution is 2.19. The van der Waals surface area contributed by atoms with Crippen LogP contribution in [0.5, 0.6) is 0 Å². The van der Waals surface area contributed by atoms with Gasteiger partial charge in [-0.3, -0.25) is 4.79 Å². The normalized spacial score (nSPS) is 10.3. The highest BCUT2D eigenvalue weighted by atomic mass is 16.5. The summed E-state index contributed by atoms with van der Waals surface area (Å²) in [6.45, 7) is 8.35. The molecule has 9 nitrogen and oxygen atoms in total. The Morgan fingerprint density at radius 1 is 1.33 bits per heavy atom. The third kappa shape index (κ3) is 3.07. The van der Waals surface area contributed by atoms with Crippen LogP contribution in [-0.2, 0) is 11.5 Å². The number of nitrogens with one attached hydrogen (secondary N) is 1. The number of carbonyl (C=O) groups is 1. The Balaban J connectivity index is 1.84. The average molecular weight is 324 g/mol. The molecule has 2 heterocycles. The Kier molecular flexibility index (Phi) is 3.94. The molecule has 24 heavy (non-hydrogen) atoms. The van der Waals surface area contributed by atoms with Gasteiger partial charge in [0.25, 0.3) is 0 Å². The summed E-state index contributed by atoms with van der Waals surface area (Å²) in [7, 11) is 0. The number of rotatable bonds is 4. The zero-order chi connectivity index (χ0) is 17.1. The zero-order valence-electron chi connectivity index (χ0n) is 12.6. The van der Waals surface area contributed by atoms with E-state index < -0.39 is 5.63 Å². The van der Waals surface area contributed by atoms with Gasteiger partial charge in [0, 0.05) is 17.2 Å². The first-order valence-corrected chi connectivity index (χ1v) is 6.92. The van der Waals surface area contributed by atoms with Crippen molar-refractivity contribution >= 4 is 11.7 Å². The van der Waals surface area contributed by atoms with Crippen LogP contribution in [0.1, 0.15) is 6.92 Å². The average Bonchev–Trinajstić information content (AvgIpc) is 3.19. The lowest BCUT2D eigenvalue weighted by molar-refractivity contribution is -0.119. The Morgan fingerprint density at radius 3 is 2.71 bits per heavy atom. The van der Waals surface area contributed by atoms with E-state index in [0.29, 0.717) is 16.8 Å². The SMILES string of the molecule is [C-]#[N+]c1cn(-c2ccc(-c3cn(CNC(C)=O)oc3=O)cc2)nn1. The highest BCUT2D eigenvalue weighted by molar-refractivity contribution is 5.72. The quantitative estimate of drug-likeness (QED) is 0.730. The first kappa shape index (κ1) is 15.2. The lowest BCUT2D eigenvalue weighted by atomic mass is 10.1. The van der Waals surface area contributed by atoms with Crippen LogP contribution >= 0.6 is 0 Å². The minimum atomic E-state index is -0.496. The van der Waals surface area contributed by atoms with E-state index in [-0.39, 0.29) is 18.4 Å². The van der Waals surface area contributed by atoms with Gasteiger partial charge in [-0.05, 0) is 17.7 Å². The molecule has 120 valence electrons. The molecule has 0 radical (unpaired) electrons. The topological polar surface area (TPSA) is 99.3 Å². The van der Waals surface area contributed by atoms with Crippen LogP contribution in [0.4, 0.5) is 5.82 Å². The molecule has 1 N–H and O–H groups in total. The Morgan fingerprint density at radius 2 is 2.08 bits per heavy atom. The second-order valence-electron chi connectivity index (χ2n) is 4.91. The van der Waals surface area contributed by atoms with E-state index in [1.54, 1.807) is 24.3 Å². The first-order chi connectivity index (χ1) is 11.6. The van der Waals surface area contributed by atoms with Crippen LogP contribution in [0, 0.1) is 6.57 Å². The summed E-state index contributed by atoms with van der Waals surface area (Å²) in [6, 6.07) is 6.98. The van der Waals surface area contributed by atoms with E-state index in [2.05, 4.69) is 20.5 Å². The van der Waals surface area contributed by atoms with Crippen LogP contribution in [0.15, 0.2) is 46.0 Å². The second kappa shape index (κ2) is 6.21. The van der Waals surface area contributed by atoms with Crippen LogP contribution in [0.2, 0.25) is 0 Å². The molecule has 1 aromatic carbocycles. The molecular formula is C15H12N6O3. The van der Waals surface area contributed by atoms with Crippen molar-refractivity contribution in [2.45, 2.75) is 13.6 Å². The minimum Gasteiger partial charge on any atom is -0.358 e. The minimum absolute atomic E-state index is 0.0843.